The molecule has 0 saturated carbocycles. The standard InChI is InChI=1S/C11H19/c1-4-7-9-11(6-3)10-8-5-2/h4,6,9,11H,1,3,5,7-8,10H2,2H3. The van der Waals surface area contributed by atoms with Crippen LogP contribution in [0.15, 0.2) is 25.3 Å². The number of unbranched alkanes of at least 4 members (excludes halogenated alkanes) is 1. The monoisotopic (exact) mass is 151 g/mol. The summed E-state index contributed by atoms with van der Waals surface area (Å²) in [5, 5.41) is 0. The Hall–Kier alpha value is -0.520. The smallest absolute Gasteiger partial charge is 0.0202 e. The molecular formula is C11H19. The molecule has 11 heavy (non-hydrogen) atoms. The third-order valence-corrected chi connectivity index (χ3v) is 1.80. The summed E-state index contributed by atoms with van der Waals surface area (Å²) in [5.74, 6) is 0.591. The van der Waals surface area contributed by atoms with Gasteiger partial charge < -0.3 is 0 Å². The molecule has 0 aromatic heterocycles. The summed E-state index contributed by atoms with van der Waals surface area (Å²) in [4.78, 5) is 0. The molecule has 0 bridgehead atoms. The summed E-state index contributed by atoms with van der Waals surface area (Å²) in [5.41, 5.74) is 0. The van der Waals surface area contributed by atoms with Crippen molar-refractivity contribution >= 4 is 0 Å². The van der Waals surface area contributed by atoms with Crippen molar-refractivity contribution in [2.75, 3.05) is 0 Å². The second kappa shape index (κ2) is 7.59. The Labute approximate surface area is 71.0 Å². The van der Waals surface area contributed by atoms with E-state index in [4.69, 9.17) is 0 Å². The zero-order valence-electron chi connectivity index (χ0n) is 7.55. The topological polar surface area (TPSA) is 0 Å². The maximum absolute atomic E-state index is 3.80. The zero-order chi connectivity index (χ0) is 8.53. The van der Waals surface area contributed by atoms with Crippen molar-refractivity contribution in [3.8, 4) is 0 Å². The van der Waals surface area contributed by atoms with Gasteiger partial charge in [0.15, 0.2) is 0 Å². The fraction of sp³-hybridized carbons (Fsp3) is 0.545. The second-order valence-corrected chi connectivity index (χ2v) is 2.80. The molecule has 0 spiro atoms. The molecule has 0 fully saturated rings. The van der Waals surface area contributed by atoms with E-state index in [1.54, 1.807) is 0 Å². The molecule has 0 saturated heterocycles. The van der Waals surface area contributed by atoms with E-state index in [1.165, 1.54) is 19.3 Å². The molecule has 1 radical (unpaired) electrons. The number of rotatable bonds is 7. The van der Waals surface area contributed by atoms with Crippen LogP contribution in [0.1, 0.15) is 32.6 Å². The lowest BCUT2D eigenvalue weighted by molar-refractivity contribution is 0.606. The Morgan fingerprint density at radius 2 is 2.09 bits per heavy atom. The lowest BCUT2D eigenvalue weighted by Crippen LogP contribution is -1.95. The lowest BCUT2D eigenvalue weighted by atomic mass is 9.97. The molecule has 0 N–H and O–H groups in total. The van der Waals surface area contributed by atoms with E-state index in [0.717, 1.165) is 6.42 Å². The van der Waals surface area contributed by atoms with E-state index in [-0.39, 0.29) is 0 Å². The minimum absolute atomic E-state index is 0.591. The van der Waals surface area contributed by atoms with Crippen LogP contribution < -0.4 is 0 Å². The quantitative estimate of drug-likeness (QED) is 0.486. The van der Waals surface area contributed by atoms with E-state index in [0.29, 0.717) is 5.92 Å². The van der Waals surface area contributed by atoms with Gasteiger partial charge in [0.25, 0.3) is 0 Å². The fourth-order valence-electron chi connectivity index (χ4n) is 1.04. The van der Waals surface area contributed by atoms with Crippen molar-refractivity contribution in [1.82, 2.24) is 0 Å². The van der Waals surface area contributed by atoms with Gasteiger partial charge in [-0.15, -0.1) is 13.2 Å². The van der Waals surface area contributed by atoms with E-state index in [9.17, 15) is 0 Å². The van der Waals surface area contributed by atoms with Crippen molar-refractivity contribution in [3.05, 3.63) is 31.7 Å². The summed E-state index contributed by atoms with van der Waals surface area (Å²) in [6.07, 6.45) is 11.0. The largest absolute Gasteiger partial charge is 0.103 e. The minimum atomic E-state index is 0.591. The molecular weight excluding hydrogens is 132 g/mol. The van der Waals surface area contributed by atoms with Gasteiger partial charge in [0.2, 0.25) is 0 Å². The number of allylic oxidation sites excluding steroid dienone is 2. The summed E-state index contributed by atoms with van der Waals surface area (Å²) in [6, 6.07) is 0. The Morgan fingerprint density at radius 1 is 1.36 bits per heavy atom. The van der Waals surface area contributed by atoms with Gasteiger partial charge in [-0.05, 0) is 25.2 Å². The van der Waals surface area contributed by atoms with E-state index in [1.807, 2.05) is 12.2 Å². The van der Waals surface area contributed by atoms with Crippen LogP contribution in [0, 0.1) is 12.3 Å². The van der Waals surface area contributed by atoms with Gasteiger partial charge >= 0.3 is 0 Å². The first-order valence-corrected chi connectivity index (χ1v) is 4.42. The summed E-state index contributed by atoms with van der Waals surface area (Å²) >= 11 is 0. The van der Waals surface area contributed by atoms with Crippen LogP contribution in [0.2, 0.25) is 0 Å². The van der Waals surface area contributed by atoms with Crippen molar-refractivity contribution in [2.45, 2.75) is 32.6 Å². The normalized spacial score (nSPS) is 12.5. The maximum Gasteiger partial charge on any atom is -0.0202 e. The Bertz CT molecular complexity index is 103. The third-order valence-electron chi connectivity index (χ3n) is 1.80. The second-order valence-electron chi connectivity index (χ2n) is 2.80. The fourth-order valence-corrected chi connectivity index (χ4v) is 1.04. The molecule has 0 rings (SSSR count). The van der Waals surface area contributed by atoms with Gasteiger partial charge in [-0.3, -0.25) is 0 Å². The highest BCUT2D eigenvalue weighted by Gasteiger charge is 2.01. The Kier molecular flexibility index (Phi) is 7.23. The summed E-state index contributed by atoms with van der Waals surface area (Å²) in [7, 11) is 0. The van der Waals surface area contributed by atoms with Gasteiger partial charge in [-0.2, -0.15) is 0 Å². The molecule has 0 aliphatic carbocycles. The molecule has 0 aliphatic heterocycles. The van der Waals surface area contributed by atoms with Crippen molar-refractivity contribution < 1.29 is 0 Å². The van der Waals surface area contributed by atoms with E-state index in [2.05, 4.69) is 26.5 Å². The minimum Gasteiger partial charge on any atom is -0.103 e. The Balaban J connectivity index is 3.40. The van der Waals surface area contributed by atoms with Crippen molar-refractivity contribution in [1.29, 1.82) is 0 Å². The van der Waals surface area contributed by atoms with Gasteiger partial charge in [0.1, 0.15) is 0 Å². The van der Waals surface area contributed by atoms with Crippen LogP contribution in [0.5, 0.6) is 0 Å². The molecule has 1 atom stereocenters. The summed E-state index contributed by atoms with van der Waals surface area (Å²) in [6.45, 7) is 9.70. The number of hydrogen-bond acceptors (Lipinski definition) is 0. The van der Waals surface area contributed by atoms with Crippen molar-refractivity contribution in [2.24, 2.45) is 5.92 Å². The van der Waals surface area contributed by atoms with Gasteiger partial charge in [-0.25, -0.2) is 0 Å². The van der Waals surface area contributed by atoms with Gasteiger partial charge in [-0.1, -0.05) is 31.9 Å². The molecule has 0 nitrogen and oxygen atoms in total. The maximum atomic E-state index is 3.80. The summed E-state index contributed by atoms with van der Waals surface area (Å²) < 4.78 is 0. The lowest BCUT2D eigenvalue weighted by Gasteiger charge is -2.08. The highest BCUT2D eigenvalue weighted by Crippen LogP contribution is 2.14. The molecule has 0 heterocycles. The average molecular weight is 151 g/mol. The first-order chi connectivity index (χ1) is 5.35. The first kappa shape index (κ1) is 10.5. The van der Waals surface area contributed by atoms with Gasteiger partial charge in [0, 0.05) is 0 Å². The van der Waals surface area contributed by atoms with Crippen LogP contribution in [-0.2, 0) is 0 Å². The van der Waals surface area contributed by atoms with Crippen LogP contribution in [0.3, 0.4) is 0 Å². The predicted molar refractivity (Wildman–Crippen MR) is 52.3 cm³/mol. The Morgan fingerprint density at radius 3 is 2.55 bits per heavy atom. The third kappa shape index (κ3) is 5.90. The van der Waals surface area contributed by atoms with Crippen LogP contribution >= 0.6 is 0 Å². The number of hydrogen-bond donors (Lipinski definition) is 0. The molecule has 0 aromatic carbocycles. The highest BCUT2D eigenvalue weighted by atomic mass is 14.1. The van der Waals surface area contributed by atoms with Gasteiger partial charge in [0.05, 0.1) is 0 Å². The van der Waals surface area contributed by atoms with Crippen LogP contribution in [-0.4, -0.2) is 0 Å². The average Bonchev–Trinajstić information content (AvgIpc) is 2.05. The molecule has 0 aromatic rings. The van der Waals surface area contributed by atoms with Crippen LogP contribution in [0.4, 0.5) is 0 Å². The van der Waals surface area contributed by atoms with Crippen LogP contribution in [0.25, 0.3) is 0 Å². The predicted octanol–water partition coefficient (Wildman–Crippen LogP) is 3.76. The van der Waals surface area contributed by atoms with E-state index >= 15 is 0 Å². The van der Waals surface area contributed by atoms with Crippen molar-refractivity contribution in [3.63, 3.8) is 0 Å². The highest BCUT2D eigenvalue weighted by molar-refractivity contribution is 4.92. The molecule has 0 aliphatic rings. The molecule has 0 heteroatoms. The molecule has 1 unspecified atom stereocenters. The first-order valence-electron chi connectivity index (χ1n) is 4.42. The molecule has 63 valence electrons. The molecule has 0 amide bonds. The SMILES string of the molecule is C=CC[CH]C(C=C)CCCC. The zero-order valence-corrected chi connectivity index (χ0v) is 7.55. The van der Waals surface area contributed by atoms with E-state index < -0.39 is 0 Å².